The van der Waals surface area contributed by atoms with Crippen LogP contribution in [0.25, 0.3) is 0 Å². The third kappa shape index (κ3) is 3.70. The minimum atomic E-state index is -0.318. The molecule has 1 fully saturated rings. The van der Waals surface area contributed by atoms with E-state index in [-0.39, 0.29) is 23.8 Å². The smallest absolute Gasteiger partial charge is 0.243 e. The number of carbonyl (C=O) groups excluding carboxylic acids is 2. The number of carbonyl (C=O) groups is 2. The molecule has 5 nitrogen and oxygen atoms in total. The second kappa shape index (κ2) is 6.59. The molecule has 17 heavy (non-hydrogen) atoms. The molecule has 1 aliphatic heterocycles. The van der Waals surface area contributed by atoms with Gasteiger partial charge in [-0.25, -0.2) is 0 Å². The fraction of sp³-hybridized carbons (Fsp3) is 0.833. The summed E-state index contributed by atoms with van der Waals surface area (Å²) in [5.74, 6) is 0.213. The highest BCUT2D eigenvalue weighted by Gasteiger charge is 2.34. The fourth-order valence-electron chi connectivity index (χ4n) is 2.18. The number of likely N-dealkylation sites (tertiary alicyclic amines) is 1. The van der Waals surface area contributed by atoms with Crippen LogP contribution in [0.1, 0.15) is 26.7 Å². The van der Waals surface area contributed by atoms with Crippen molar-refractivity contribution in [3.63, 3.8) is 0 Å². The topological polar surface area (TPSA) is 61.4 Å². The largest absolute Gasteiger partial charge is 0.353 e. The molecular weight excluding hydrogens is 218 g/mol. The summed E-state index contributed by atoms with van der Waals surface area (Å²) in [6, 6.07) is -0.318. The Kier molecular flexibility index (Phi) is 5.41. The fourth-order valence-corrected chi connectivity index (χ4v) is 2.18. The van der Waals surface area contributed by atoms with E-state index in [1.807, 2.05) is 20.9 Å². The molecule has 0 bridgehead atoms. The summed E-state index contributed by atoms with van der Waals surface area (Å²) in [4.78, 5) is 25.5. The minimum absolute atomic E-state index is 0.0366. The molecule has 1 unspecified atom stereocenters. The van der Waals surface area contributed by atoms with Gasteiger partial charge in [0.15, 0.2) is 0 Å². The highest BCUT2D eigenvalue weighted by molar-refractivity contribution is 5.88. The van der Waals surface area contributed by atoms with Crippen molar-refractivity contribution >= 4 is 11.8 Å². The molecule has 0 aliphatic carbocycles. The van der Waals surface area contributed by atoms with Crippen molar-refractivity contribution in [2.24, 2.45) is 5.92 Å². The van der Waals surface area contributed by atoms with E-state index in [0.29, 0.717) is 19.5 Å². The second-order valence-electron chi connectivity index (χ2n) is 4.77. The summed E-state index contributed by atoms with van der Waals surface area (Å²) >= 11 is 0. The highest BCUT2D eigenvalue weighted by Crippen LogP contribution is 2.19. The number of nitrogens with zero attached hydrogens (tertiary/aromatic N) is 1. The van der Waals surface area contributed by atoms with E-state index in [2.05, 4.69) is 10.6 Å². The van der Waals surface area contributed by atoms with Crippen LogP contribution in [-0.2, 0) is 9.59 Å². The zero-order valence-corrected chi connectivity index (χ0v) is 11.0. The van der Waals surface area contributed by atoms with Crippen molar-refractivity contribution in [2.75, 3.05) is 26.7 Å². The van der Waals surface area contributed by atoms with Gasteiger partial charge in [0.05, 0.1) is 0 Å². The summed E-state index contributed by atoms with van der Waals surface area (Å²) in [5, 5.41) is 5.84. The lowest BCUT2D eigenvalue weighted by molar-refractivity contribution is -0.139. The van der Waals surface area contributed by atoms with Gasteiger partial charge in [0.1, 0.15) is 6.04 Å². The second-order valence-corrected chi connectivity index (χ2v) is 4.77. The van der Waals surface area contributed by atoms with Gasteiger partial charge in [-0.1, -0.05) is 13.8 Å². The highest BCUT2D eigenvalue weighted by atomic mass is 16.2. The quantitative estimate of drug-likeness (QED) is 0.642. The molecule has 2 amide bonds. The maximum atomic E-state index is 12.1. The standard InChI is InChI=1S/C12H23N3O2/c1-9(2)11(12(17)14-7-6-13-3)15-8-4-5-10(15)16/h9,11,13H,4-8H2,1-3H3,(H,14,17). The molecule has 0 spiro atoms. The zero-order chi connectivity index (χ0) is 12.8. The van der Waals surface area contributed by atoms with Crippen molar-refractivity contribution < 1.29 is 9.59 Å². The summed E-state index contributed by atoms with van der Waals surface area (Å²) in [6.07, 6.45) is 1.44. The number of rotatable bonds is 6. The van der Waals surface area contributed by atoms with Crippen molar-refractivity contribution in [1.29, 1.82) is 0 Å². The molecule has 5 heteroatoms. The monoisotopic (exact) mass is 241 g/mol. The minimum Gasteiger partial charge on any atom is -0.353 e. The molecule has 1 rings (SSSR count). The van der Waals surface area contributed by atoms with Crippen molar-refractivity contribution in [2.45, 2.75) is 32.7 Å². The van der Waals surface area contributed by atoms with E-state index in [0.717, 1.165) is 13.0 Å². The Morgan fingerprint density at radius 3 is 2.59 bits per heavy atom. The predicted molar refractivity (Wildman–Crippen MR) is 66.5 cm³/mol. The normalized spacial score (nSPS) is 17.6. The van der Waals surface area contributed by atoms with Gasteiger partial charge in [-0.05, 0) is 19.4 Å². The number of hydrogen-bond donors (Lipinski definition) is 2. The maximum absolute atomic E-state index is 12.1. The molecule has 2 N–H and O–H groups in total. The Bertz CT molecular complexity index is 279. The first-order valence-corrected chi connectivity index (χ1v) is 6.29. The van der Waals surface area contributed by atoms with E-state index in [4.69, 9.17) is 0 Å². The van der Waals surface area contributed by atoms with Crippen LogP contribution in [0.3, 0.4) is 0 Å². The Balaban J connectivity index is 2.58. The first kappa shape index (κ1) is 14.0. The Morgan fingerprint density at radius 1 is 1.41 bits per heavy atom. The molecule has 98 valence electrons. The van der Waals surface area contributed by atoms with Crippen LogP contribution in [0, 0.1) is 5.92 Å². The van der Waals surface area contributed by atoms with Crippen molar-refractivity contribution in [1.82, 2.24) is 15.5 Å². The Labute approximate surface area is 103 Å². The number of hydrogen-bond acceptors (Lipinski definition) is 3. The third-order valence-electron chi connectivity index (χ3n) is 3.02. The molecule has 0 aromatic carbocycles. The third-order valence-corrected chi connectivity index (χ3v) is 3.02. The van der Waals surface area contributed by atoms with Crippen LogP contribution < -0.4 is 10.6 Å². The van der Waals surface area contributed by atoms with E-state index in [1.165, 1.54) is 0 Å². The van der Waals surface area contributed by atoms with Gasteiger partial charge >= 0.3 is 0 Å². The van der Waals surface area contributed by atoms with E-state index < -0.39 is 0 Å². The van der Waals surface area contributed by atoms with Crippen LogP contribution in [0.4, 0.5) is 0 Å². The molecule has 1 aliphatic rings. The van der Waals surface area contributed by atoms with Gasteiger partial charge in [0.25, 0.3) is 0 Å². The molecule has 0 radical (unpaired) electrons. The lowest BCUT2D eigenvalue weighted by Crippen LogP contribution is -2.51. The summed E-state index contributed by atoms with van der Waals surface area (Å²) < 4.78 is 0. The number of amides is 2. The van der Waals surface area contributed by atoms with Gasteiger partial charge in [0, 0.05) is 26.1 Å². The van der Waals surface area contributed by atoms with Crippen LogP contribution in [0.2, 0.25) is 0 Å². The summed E-state index contributed by atoms with van der Waals surface area (Å²) in [7, 11) is 1.84. The molecule has 1 atom stereocenters. The SMILES string of the molecule is CNCCNC(=O)C(C(C)C)N1CCCC1=O. The van der Waals surface area contributed by atoms with Crippen LogP contribution in [-0.4, -0.2) is 49.4 Å². The van der Waals surface area contributed by atoms with Crippen molar-refractivity contribution in [3.05, 3.63) is 0 Å². The molecule has 0 aromatic heterocycles. The first-order chi connectivity index (χ1) is 8.07. The van der Waals surface area contributed by atoms with Crippen molar-refractivity contribution in [3.8, 4) is 0 Å². The van der Waals surface area contributed by atoms with E-state index in [1.54, 1.807) is 4.90 Å². The molecule has 1 heterocycles. The lowest BCUT2D eigenvalue weighted by atomic mass is 10.0. The van der Waals surface area contributed by atoms with Gasteiger partial charge in [0.2, 0.25) is 11.8 Å². The van der Waals surface area contributed by atoms with Crippen LogP contribution in [0.5, 0.6) is 0 Å². The predicted octanol–water partition coefficient (Wildman–Crippen LogP) is -0.0310. The van der Waals surface area contributed by atoms with E-state index in [9.17, 15) is 9.59 Å². The van der Waals surface area contributed by atoms with Crippen LogP contribution in [0.15, 0.2) is 0 Å². The zero-order valence-electron chi connectivity index (χ0n) is 11.0. The molecule has 1 saturated heterocycles. The summed E-state index contributed by atoms with van der Waals surface area (Å²) in [5.41, 5.74) is 0. The maximum Gasteiger partial charge on any atom is 0.243 e. The van der Waals surface area contributed by atoms with Gasteiger partial charge in [-0.15, -0.1) is 0 Å². The number of likely N-dealkylation sites (N-methyl/N-ethyl adjacent to an activating group) is 1. The number of nitrogens with one attached hydrogen (secondary N) is 2. The molecular formula is C12H23N3O2. The first-order valence-electron chi connectivity index (χ1n) is 6.29. The van der Waals surface area contributed by atoms with E-state index >= 15 is 0 Å². The van der Waals surface area contributed by atoms with Gasteiger partial charge in [-0.3, -0.25) is 9.59 Å². The Hall–Kier alpha value is -1.10. The average Bonchev–Trinajstić information content (AvgIpc) is 2.65. The lowest BCUT2D eigenvalue weighted by Gasteiger charge is -2.29. The average molecular weight is 241 g/mol. The summed E-state index contributed by atoms with van der Waals surface area (Å²) in [6.45, 7) is 6.01. The van der Waals surface area contributed by atoms with Crippen LogP contribution >= 0.6 is 0 Å². The Morgan fingerprint density at radius 2 is 2.12 bits per heavy atom. The van der Waals surface area contributed by atoms with Gasteiger partial charge < -0.3 is 15.5 Å². The molecule has 0 aromatic rings. The molecule has 0 saturated carbocycles. The van der Waals surface area contributed by atoms with Gasteiger partial charge in [-0.2, -0.15) is 0 Å².